The number of halogens is 1. The Labute approximate surface area is 177 Å². The van der Waals surface area contributed by atoms with Gasteiger partial charge >= 0.3 is 5.97 Å². The second-order valence-corrected chi connectivity index (χ2v) is 8.18. The third kappa shape index (κ3) is 2.61. The number of benzene rings is 1. The van der Waals surface area contributed by atoms with E-state index in [0.29, 0.717) is 42.0 Å². The third-order valence-electron chi connectivity index (χ3n) is 6.48. The van der Waals surface area contributed by atoms with Crippen LogP contribution in [0.2, 0.25) is 0 Å². The molecule has 31 heavy (non-hydrogen) atoms. The van der Waals surface area contributed by atoms with E-state index in [4.69, 9.17) is 10.5 Å². The smallest absolute Gasteiger partial charge is 0.343 e. The minimum Gasteiger partial charge on any atom is -0.458 e. The summed E-state index contributed by atoms with van der Waals surface area (Å²) in [4.78, 5) is 30.3. The predicted octanol–water partition coefficient (Wildman–Crippen LogP) is 2.03. The minimum absolute atomic E-state index is 0.0721. The molecule has 5 rings (SSSR count). The zero-order valence-corrected chi connectivity index (χ0v) is 17.3. The van der Waals surface area contributed by atoms with Crippen LogP contribution in [0, 0.1) is 12.7 Å². The molecule has 0 fully saturated rings. The van der Waals surface area contributed by atoms with Crippen molar-refractivity contribution in [1.29, 1.82) is 0 Å². The lowest BCUT2D eigenvalue weighted by Crippen LogP contribution is -2.44. The van der Waals surface area contributed by atoms with Crippen LogP contribution < -0.4 is 11.3 Å². The number of rotatable bonds is 3. The number of hydrogen-bond donors (Lipinski definition) is 2. The summed E-state index contributed by atoms with van der Waals surface area (Å²) in [7, 11) is 0. The summed E-state index contributed by atoms with van der Waals surface area (Å²) in [6.45, 7) is 3.86. The summed E-state index contributed by atoms with van der Waals surface area (Å²) >= 11 is 0. The van der Waals surface area contributed by atoms with Crippen molar-refractivity contribution in [2.24, 2.45) is 5.73 Å². The highest BCUT2D eigenvalue weighted by Gasteiger charge is 2.45. The summed E-state index contributed by atoms with van der Waals surface area (Å²) in [5, 5.41) is 11.8. The molecular formula is C23H22FN3O4. The van der Waals surface area contributed by atoms with Crippen LogP contribution in [-0.4, -0.2) is 27.2 Å². The molecule has 1 aromatic carbocycles. The molecule has 1 atom stereocenters. The second kappa shape index (κ2) is 6.70. The van der Waals surface area contributed by atoms with E-state index in [-0.39, 0.29) is 35.5 Å². The van der Waals surface area contributed by atoms with Crippen LogP contribution in [0.4, 0.5) is 4.39 Å². The van der Waals surface area contributed by atoms with E-state index in [0.717, 1.165) is 16.5 Å². The van der Waals surface area contributed by atoms with Crippen molar-refractivity contribution in [2.45, 2.75) is 45.4 Å². The first-order valence-electron chi connectivity index (χ1n) is 10.3. The number of aliphatic hydroxyl groups is 1. The van der Waals surface area contributed by atoms with E-state index in [1.54, 1.807) is 30.5 Å². The SMILES string of the molecule is CC[C@@]1(O)C(=O)OCc2c1cc1n(c2=O)Cc2c-1nc1cc(F)c(C)cc1c2CCN. The van der Waals surface area contributed by atoms with Gasteiger partial charge in [0.15, 0.2) is 5.60 Å². The lowest BCUT2D eigenvalue weighted by atomic mass is 9.86. The Kier molecular flexibility index (Phi) is 4.29. The third-order valence-corrected chi connectivity index (χ3v) is 6.48. The summed E-state index contributed by atoms with van der Waals surface area (Å²) in [6, 6.07) is 4.81. The second-order valence-electron chi connectivity index (χ2n) is 8.18. The lowest BCUT2D eigenvalue weighted by molar-refractivity contribution is -0.172. The fraction of sp³-hybridized carbons (Fsp3) is 0.348. The van der Waals surface area contributed by atoms with Crippen molar-refractivity contribution in [3.63, 3.8) is 0 Å². The average molecular weight is 423 g/mol. The van der Waals surface area contributed by atoms with Crippen LogP contribution in [0.1, 0.15) is 41.2 Å². The van der Waals surface area contributed by atoms with E-state index in [9.17, 15) is 19.1 Å². The van der Waals surface area contributed by atoms with Crippen molar-refractivity contribution in [3.05, 3.63) is 62.2 Å². The zero-order valence-electron chi connectivity index (χ0n) is 17.3. The first-order chi connectivity index (χ1) is 14.8. The molecule has 0 spiro atoms. The molecule has 4 heterocycles. The molecule has 7 nitrogen and oxygen atoms in total. The van der Waals surface area contributed by atoms with Gasteiger partial charge in [-0.1, -0.05) is 6.92 Å². The lowest BCUT2D eigenvalue weighted by Gasteiger charge is -2.31. The van der Waals surface area contributed by atoms with Crippen molar-refractivity contribution in [2.75, 3.05) is 6.54 Å². The van der Waals surface area contributed by atoms with E-state index >= 15 is 0 Å². The Morgan fingerprint density at radius 2 is 2.06 bits per heavy atom. The van der Waals surface area contributed by atoms with E-state index in [2.05, 4.69) is 4.98 Å². The van der Waals surface area contributed by atoms with Crippen LogP contribution in [0.25, 0.3) is 22.3 Å². The number of aryl methyl sites for hydroxylation is 1. The molecule has 8 heteroatoms. The molecule has 0 amide bonds. The molecule has 160 valence electrons. The Morgan fingerprint density at radius 3 is 2.77 bits per heavy atom. The topological polar surface area (TPSA) is 107 Å². The molecular weight excluding hydrogens is 401 g/mol. The zero-order chi connectivity index (χ0) is 22.1. The predicted molar refractivity (Wildman–Crippen MR) is 112 cm³/mol. The molecule has 3 aromatic rings. The fourth-order valence-electron chi connectivity index (χ4n) is 4.72. The van der Waals surface area contributed by atoms with Gasteiger partial charge in [-0.15, -0.1) is 0 Å². The Bertz CT molecular complexity index is 1350. The van der Waals surface area contributed by atoms with E-state index in [1.807, 2.05) is 0 Å². The van der Waals surface area contributed by atoms with Gasteiger partial charge in [-0.2, -0.15) is 0 Å². The molecule has 0 unspecified atom stereocenters. The van der Waals surface area contributed by atoms with Crippen LogP contribution in [0.5, 0.6) is 0 Å². The van der Waals surface area contributed by atoms with Crippen molar-refractivity contribution in [1.82, 2.24) is 9.55 Å². The van der Waals surface area contributed by atoms with Gasteiger partial charge in [0.2, 0.25) is 0 Å². The number of nitrogens with two attached hydrogens (primary N) is 1. The van der Waals surface area contributed by atoms with Crippen LogP contribution in [0.15, 0.2) is 23.0 Å². The maximum absolute atomic E-state index is 14.3. The van der Waals surface area contributed by atoms with Gasteiger partial charge in [0, 0.05) is 22.6 Å². The standard InChI is InChI=1S/C23H22FN3O4/c1-3-23(30)16-7-19-20-14(9-27(19)21(28)15(16)10-31-22(23)29)12(4-5-25)13-6-11(2)17(24)8-18(13)26-20/h6-8,30H,3-5,9-10,25H2,1-2H3/t23-/m0/s1. The van der Waals surface area contributed by atoms with Crippen molar-refractivity contribution in [3.8, 4) is 11.4 Å². The van der Waals surface area contributed by atoms with Gasteiger partial charge in [0.25, 0.3) is 5.56 Å². The maximum Gasteiger partial charge on any atom is 0.343 e. The highest BCUT2D eigenvalue weighted by atomic mass is 19.1. The fourth-order valence-corrected chi connectivity index (χ4v) is 4.72. The number of esters is 1. The quantitative estimate of drug-likeness (QED) is 0.488. The van der Waals surface area contributed by atoms with Gasteiger partial charge in [-0.25, -0.2) is 14.2 Å². The monoisotopic (exact) mass is 423 g/mol. The normalized spacial score (nSPS) is 19.2. The number of pyridine rings is 2. The number of carbonyl (C=O) groups is 1. The van der Waals surface area contributed by atoms with Gasteiger partial charge in [-0.05, 0) is 49.6 Å². The number of aromatic nitrogens is 2. The van der Waals surface area contributed by atoms with Crippen molar-refractivity contribution >= 4 is 16.9 Å². The molecule has 0 saturated carbocycles. The summed E-state index contributed by atoms with van der Waals surface area (Å²) < 4.78 is 21.0. The van der Waals surface area contributed by atoms with Crippen LogP contribution in [0.3, 0.4) is 0 Å². The van der Waals surface area contributed by atoms with Gasteiger partial charge < -0.3 is 20.1 Å². The molecule has 3 N–H and O–H groups in total. The molecule has 2 aromatic heterocycles. The van der Waals surface area contributed by atoms with Crippen LogP contribution >= 0.6 is 0 Å². The Balaban J connectivity index is 1.84. The molecule has 0 aliphatic carbocycles. The van der Waals surface area contributed by atoms with Gasteiger partial charge in [0.05, 0.1) is 29.0 Å². The average Bonchev–Trinajstić information content (AvgIpc) is 3.11. The highest BCUT2D eigenvalue weighted by Crippen LogP contribution is 2.40. The largest absolute Gasteiger partial charge is 0.458 e. The molecule has 0 radical (unpaired) electrons. The molecule has 0 bridgehead atoms. The number of hydrogen-bond acceptors (Lipinski definition) is 6. The van der Waals surface area contributed by atoms with E-state index in [1.165, 1.54) is 6.07 Å². The van der Waals surface area contributed by atoms with Gasteiger partial charge in [0.1, 0.15) is 12.4 Å². The highest BCUT2D eigenvalue weighted by molar-refractivity contribution is 5.89. The first kappa shape index (κ1) is 19.8. The summed E-state index contributed by atoms with van der Waals surface area (Å²) in [6.07, 6.45) is 0.623. The summed E-state index contributed by atoms with van der Waals surface area (Å²) in [5.74, 6) is -1.12. The van der Waals surface area contributed by atoms with E-state index < -0.39 is 11.6 Å². The first-order valence-corrected chi connectivity index (χ1v) is 10.3. The number of ether oxygens (including phenoxy) is 1. The number of cyclic esters (lactones) is 1. The number of nitrogens with zero attached hydrogens (tertiary/aromatic N) is 2. The molecule has 2 aliphatic rings. The molecule has 0 saturated heterocycles. The Morgan fingerprint density at radius 1 is 1.29 bits per heavy atom. The van der Waals surface area contributed by atoms with Gasteiger partial charge in [-0.3, -0.25) is 4.79 Å². The molecule has 2 aliphatic heterocycles. The number of carbonyl (C=O) groups excluding carboxylic acids is 1. The maximum atomic E-state index is 14.3. The number of fused-ring (bicyclic) bond motifs is 5. The van der Waals surface area contributed by atoms with Crippen LogP contribution in [-0.2, 0) is 34.7 Å². The van der Waals surface area contributed by atoms with Crippen molar-refractivity contribution < 1.29 is 19.0 Å². The Hall–Kier alpha value is -3.10. The summed E-state index contributed by atoms with van der Waals surface area (Å²) in [5.41, 5.74) is 8.03. The minimum atomic E-state index is -1.88.